The Labute approximate surface area is 226 Å². The maximum atomic E-state index is 13.1. The van der Waals surface area contributed by atoms with Gasteiger partial charge in [0.25, 0.3) is 0 Å². The van der Waals surface area contributed by atoms with E-state index in [0.717, 1.165) is 23.1 Å². The number of aryl methyl sites for hydroxylation is 1. The van der Waals surface area contributed by atoms with Gasteiger partial charge in [-0.15, -0.1) is 0 Å². The Morgan fingerprint density at radius 2 is 1.72 bits per heavy atom. The minimum Gasteiger partial charge on any atom is -0.369 e. The Morgan fingerprint density at radius 1 is 0.949 bits per heavy atom. The smallest absolute Gasteiger partial charge is 0.240 e. The molecule has 5 rings (SSSR count). The number of hydrogen-bond acceptors (Lipinski definition) is 7. The third kappa shape index (κ3) is 6.65. The Kier molecular flexibility index (Phi) is 7.94. The van der Waals surface area contributed by atoms with Crippen LogP contribution in [0, 0.1) is 5.82 Å². The molecule has 3 N–H and O–H groups in total. The standard InChI is InChI=1S/C29H28FN5O3S/c30-23-13-11-22(12-14-23)27(36)15-8-20-6-9-21(10-7-20)26-19-32-29-34-24-4-3-5-25(18-24)39(37,38)33-17-2-1-16-31-28(26)35-29/h3-7,9-14,18-19,33H,1-2,8,15-17H2,(H2,31,32,34,35). The van der Waals surface area contributed by atoms with E-state index in [1.165, 1.54) is 24.3 Å². The molecule has 4 bridgehead atoms. The highest BCUT2D eigenvalue weighted by Gasteiger charge is 2.16. The number of rotatable bonds is 5. The van der Waals surface area contributed by atoms with Gasteiger partial charge in [-0.1, -0.05) is 30.3 Å². The van der Waals surface area contributed by atoms with E-state index in [9.17, 15) is 17.6 Å². The van der Waals surface area contributed by atoms with Crippen molar-refractivity contribution in [1.82, 2.24) is 14.7 Å². The molecule has 1 aromatic heterocycles. The van der Waals surface area contributed by atoms with Crippen molar-refractivity contribution in [2.24, 2.45) is 0 Å². The normalized spacial score (nSPS) is 14.9. The van der Waals surface area contributed by atoms with Gasteiger partial charge in [-0.3, -0.25) is 4.79 Å². The SMILES string of the molecule is O=C(CCc1ccc(-c2cnc3nc2NCCCCNS(=O)(=O)c2cccc(c2)N3)cc1)c1ccc(F)cc1. The second-order valence-electron chi connectivity index (χ2n) is 9.27. The predicted molar refractivity (Wildman–Crippen MR) is 149 cm³/mol. The fourth-order valence-electron chi connectivity index (χ4n) is 4.29. The van der Waals surface area contributed by atoms with Crippen LogP contribution >= 0.6 is 0 Å². The molecule has 39 heavy (non-hydrogen) atoms. The van der Waals surface area contributed by atoms with Crippen molar-refractivity contribution in [3.8, 4) is 11.1 Å². The molecule has 0 radical (unpaired) electrons. The molecule has 8 nitrogen and oxygen atoms in total. The van der Waals surface area contributed by atoms with E-state index in [1.807, 2.05) is 24.3 Å². The molecule has 0 fully saturated rings. The van der Waals surface area contributed by atoms with Crippen LogP contribution in [-0.2, 0) is 16.4 Å². The number of Topliss-reactive ketones (excluding diaryl/α,β-unsaturated/α-hetero) is 1. The molecular formula is C29H28FN5O3S. The third-order valence-corrected chi connectivity index (χ3v) is 7.91. The quantitative estimate of drug-likeness (QED) is 0.291. The van der Waals surface area contributed by atoms with E-state index in [2.05, 4.69) is 25.3 Å². The monoisotopic (exact) mass is 545 g/mol. The Bertz CT molecular complexity index is 1580. The van der Waals surface area contributed by atoms with Crippen LogP contribution < -0.4 is 15.4 Å². The maximum absolute atomic E-state index is 13.1. The van der Waals surface area contributed by atoms with Crippen molar-refractivity contribution in [2.45, 2.75) is 30.6 Å². The molecule has 2 heterocycles. The average Bonchev–Trinajstić information content (AvgIpc) is 2.94. The van der Waals surface area contributed by atoms with Gasteiger partial charge in [0.2, 0.25) is 16.0 Å². The van der Waals surface area contributed by atoms with Gasteiger partial charge in [0.1, 0.15) is 11.6 Å². The fourth-order valence-corrected chi connectivity index (χ4v) is 5.41. The van der Waals surface area contributed by atoms with E-state index in [-0.39, 0.29) is 16.5 Å². The second-order valence-corrected chi connectivity index (χ2v) is 11.0. The summed E-state index contributed by atoms with van der Waals surface area (Å²) >= 11 is 0. The molecule has 0 atom stereocenters. The summed E-state index contributed by atoms with van der Waals surface area (Å²) in [6, 6.07) is 20.1. The molecule has 0 spiro atoms. The first-order valence-corrected chi connectivity index (χ1v) is 14.2. The summed E-state index contributed by atoms with van der Waals surface area (Å²) in [5, 5.41) is 6.47. The van der Waals surface area contributed by atoms with Crippen molar-refractivity contribution in [3.63, 3.8) is 0 Å². The summed E-state index contributed by atoms with van der Waals surface area (Å²) < 4.78 is 40.9. The summed E-state index contributed by atoms with van der Waals surface area (Å²) in [6.45, 7) is 0.953. The van der Waals surface area contributed by atoms with Gasteiger partial charge in [-0.2, -0.15) is 4.98 Å². The molecule has 0 saturated carbocycles. The number of carbonyl (C=O) groups is 1. The number of nitrogens with one attached hydrogen (secondary N) is 3. The van der Waals surface area contributed by atoms with Crippen LogP contribution in [0.1, 0.15) is 35.2 Å². The first-order valence-electron chi connectivity index (χ1n) is 12.7. The van der Waals surface area contributed by atoms with Gasteiger partial charge in [0.15, 0.2) is 5.78 Å². The van der Waals surface area contributed by atoms with Gasteiger partial charge < -0.3 is 10.6 Å². The van der Waals surface area contributed by atoms with E-state index >= 15 is 0 Å². The first-order chi connectivity index (χ1) is 18.9. The van der Waals surface area contributed by atoms with Gasteiger partial charge in [0.05, 0.1) is 4.90 Å². The lowest BCUT2D eigenvalue weighted by molar-refractivity contribution is 0.0982. The van der Waals surface area contributed by atoms with E-state index in [4.69, 9.17) is 0 Å². The summed E-state index contributed by atoms with van der Waals surface area (Å²) in [5.74, 6) is 0.622. The number of hydrogen-bond donors (Lipinski definition) is 3. The van der Waals surface area contributed by atoms with Crippen LogP contribution in [0.5, 0.6) is 0 Å². The van der Waals surface area contributed by atoms with Crippen LogP contribution in [0.2, 0.25) is 0 Å². The topological polar surface area (TPSA) is 113 Å². The minimum atomic E-state index is -3.59. The maximum Gasteiger partial charge on any atom is 0.240 e. The number of sulfonamides is 1. The lowest BCUT2D eigenvalue weighted by Crippen LogP contribution is -2.25. The molecule has 10 heteroatoms. The molecular weight excluding hydrogens is 517 g/mol. The van der Waals surface area contributed by atoms with Crippen LogP contribution in [0.4, 0.5) is 21.8 Å². The number of benzene rings is 3. The van der Waals surface area contributed by atoms with Crippen molar-refractivity contribution in [3.05, 3.63) is 95.9 Å². The molecule has 0 unspecified atom stereocenters. The highest BCUT2D eigenvalue weighted by atomic mass is 32.2. The number of ketones is 1. The summed E-state index contributed by atoms with van der Waals surface area (Å²) in [6.07, 6.45) is 4.06. The van der Waals surface area contributed by atoms with E-state index in [0.29, 0.717) is 55.4 Å². The summed E-state index contributed by atoms with van der Waals surface area (Å²) in [7, 11) is -3.59. The van der Waals surface area contributed by atoms with Crippen LogP contribution in [0.3, 0.4) is 0 Å². The molecule has 3 aromatic carbocycles. The highest BCUT2D eigenvalue weighted by Crippen LogP contribution is 2.29. The molecule has 200 valence electrons. The zero-order valence-corrected chi connectivity index (χ0v) is 22.0. The first kappa shape index (κ1) is 26.5. The summed E-state index contributed by atoms with van der Waals surface area (Å²) in [5.41, 5.74) is 3.84. The number of halogens is 1. The number of carbonyl (C=O) groups excluding carboxylic acids is 1. The van der Waals surface area contributed by atoms with Crippen molar-refractivity contribution < 1.29 is 17.6 Å². The Balaban J connectivity index is 1.34. The predicted octanol–water partition coefficient (Wildman–Crippen LogP) is 5.33. The molecule has 1 aliphatic heterocycles. The van der Waals surface area contributed by atoms with Gasteiger partial charge in [-0.05, 0) is 72.9 Å². The minimum absolute atomic E-state index is 0.0277. The van der Waals surface area contributed by atoms with Crippen molar-refractivity contribution >= 4 is 33.3 Å². The number of aromatic nitrogens is 2. The lowest BCUT2D eigenvalue weighted by atomic mass is 10.0. The van der Waals surface area contributed by atoms with Crippen LogP contribution in [0.15, 0.2) is 83.9 Å². The highest BCUT2D eigenvalue weighted by molar-refractivity contribution is 7.89. The molecule has 0 amide bonds. The molecule has 0 saturated heterocycles. The number of anilines is 3. The Morgan fingerprint density at radius 3 is 2.51 bits per heavy atom. The molecule has 1 aliphatic rings. The number of fused-ring (bicyclic) bond motifs is 4. The summed E-state index contributed by atoms with van der Waals surface area (Å²) in [4.78, 5) is 21.8. The van der Waals surface area contributed by atoms with E-state index in [1.54, 1.807) is 30.5 Å². The fraction of sp³-hybridized carbons (Fsp3) is 0.207. The van der Waals surface area contributed by atoms with Crippen molar-refractivity contribution in [1.29, 1.82) is 0 Å². The average molecular weight is 546 g/mol. The Hall–Kier alpha value is -4.15. The largest absolute Gasteiger partial charge is 0.369 e. The van der Waals surface area contributed by atoms with Crippen LogP contribution in [-0.4, -0.2) is 37.3 Å². The second kappa shape index (κ2) is 11.7. The van der Waals surface area contributed by atoms with E-state index < -0.39 is 10.0 Å². The zero-order valence-electron chi connectivity index (χ0n) is 21.2. The zero-order chi connectivity index (χ0) is 27.2. The van der Waals surface area contributed by atoms with Crippen molar-refractivity contribution in [2.75, 3.05) is 23.7 Å². The third-order valence-electron chi connectivity index (χ3n) is 6.45. The van der Waals surface area contributed by atoms with Gasteiger partial charge >= 0.3 is 0 Å². The number of nitrogens with zero attached hydrogens (tertiary/aromatic N) is 2. The lowest BCUT2D eigenvalue weighted by Gasteiger charge is -2.15. The molecule has 0 aliphatic carbocycles. The molecule has 4 aromatic rings. The van der Waals surface area contributed by atoms with Gasteiger partial charge in [-0.25, -0.2) is 22.5 Å². The van der Waals surface area contributed by atoms with Crippen LogP contribution in [0.25, 0.3) is 11.1 Å². The van der Waals surface area contributed by atoms with Gasteiger partial charge in [0, 0.05) is 42.5 Å².